The first kappa shape index (κ1) is 15.6. The Morgan fingerprint density at radius 2 is 2.09 bits per heavy atom. The van der Waals surface area contributed by atoms with Crippen LogP contribution in [0.25, 0.3) is 0 Å². The first-order valence-electron chi connectivity index (χ1n) is 7.81. The maximum atomic E-state index is 13.0. The van der Waals surface area contributed by atoms with Crippen molar-refractivity contribution in [1.29, 1.82) is 0 Å². The molecule has 3 unspecified atom stereocenters. The van der Waals surface area contributed by atoms with Crippen molar-refractivity contribution in [2.24, 2.45) is 11.8 Å². The molecule has 6 heteroatoms. The summed E-state index contributed by atoms with van der Waals surface area (Å²) in [5.41, 5.74) is 0.563. The second-order valence-corrected chi connectivity index (χ2v) is 7.56. The Balaban J connectivity index is 1.93. The highest BCUT2D eigenvalue weighted by atomic mass is 79.9. The molecule has 1 amide bonds. The first-order valence-corrected chi connectivity index (χ1v) is 8.60. The molecule has 1 N–H and O–H groups in total. The predicted molar refractivity (Wildman–Crippen MR) is 85.8 cm³/mol. The van der Waals surface area contributed by atoms with Gasteiger partial charge in [-0.1, -0.05) is 6.42 Å². The number of hydrogen-bond donors (Lipinski definition) is 1. The fraction of sp³-hybridized carbons (Fsp3) is 0.625. The quantitative estimate of drug-likeness (QED) is 0.890. The number of hydrogen-bond acceptors (Lipinski definition) is 2. The second kappa shape index (κ2) is 5.72. The van der Waals surface area contributed by atoms with Crippen LogP contribution in [0.5, 0.6) is 0 Å². The number of amides is 1. The molecule has 1 aliphatic carbocycles. The van der Waals surface area contributed by atoms with Crippen LogP contribution in [0.1, 0.15) is 49.6 Å². The van der Waals surface area contributed by atoms with E-state index in [0.29, 0.717) is 18.2 Å². The van der Waals surface area contributed by atoms with Crippen LogP contribution in [0.4, 0.5) is 0 Å². The smallest absolute Gasteiger partial charge is 0.326 e. The highest BCUT2D eigenvalue weighted by Crippen LogP contribution is 2.43. The molecule has 2 heterocycles. The van der Waals surface area contributed by atoms with Crippen LogP contribution >= 0.6 is 15.9 Å². The van der Waals surface area contributed by atoms with Crippen LogP contribution in [0.2, 0.25) is 0 Å². The van der Waals surface area contributed by atoms with Gasteiger partial charge in [-0.2, -0.15) is 0 Å². The number of carbonyl (C=O) groups is 2. The molecule has 1 aromatic rings. The van der Waals surface area contributed by atoms with Gasteiger partial charge in [0, 0.05) is 23.3 Å². The van der Waals surface area contributed by atoms with E-state index in [0.717, 1.165) is 23.7 Å². The molecule has 0 radical (unpaired) electrons. The van der Waals surface area contributed by atoms with Crippen LogP contribution in [0.15, 0.2) is 16.7 Å². The molecule has 1 saturated carbocycles. The SMILES string of the molecule is CC(C)n1cc(Br)cc1C(=O)N1CC2CCCC2C1C(=O)O. The third kappa shape index (κ3) is 2.47. The van der Waals surface area contributed by atoms with Crippen molar-refractivity contribution in [3.8, 4) is 0 Å². The van der Waals surface area contributed by atoms with E-state index >= 15 is 0 Å². The van der Waals surface area contributed by atoms with Crippen molar-refractivity contribution in [2.75, 3.05) is 6.54 Å². The van der Waals surface area contributed by atoms with Gasteiger partial charge in [-0.05, 0) is 60.5 Å². The third-order valence-electron chi connectivity index (χ3n) is 4.99. The zero-order valence-electron chi connectivity index (χ0n) is 12.8. The molecule has 3 atom stereocenters. The molecular formula is C16H21BrN2O3. The minimum absolute atomic E-state index is 0.118. The van der Waals surface area contributed by atoms with Crippen molar-refractivity contribution >= 4 is 27.8 Å². The minimum Gasteiger partial charge on any atom is -0.480 e. The Kier molecular flexibility index (Phi) is 4.05. The van der Waals surface area contributed by atoms with Gasteiger partial charge in [0.2, 0.25) is 0 Å². The molecule has 1 aromatic heterocycles. The van der Waals surface area contributed by atoms with Gasteiger partial charge in [0.05, 0.1) is 0 Å². The molecule has 2 fully saturated rings. The summed E-state index contributed by atoms with van der Waals surface area (Å²) in [6.45, 7) is 4.59. The number of rotatable bonds is 3. The fourth-order valence-corrected chi connectivity index (χ4v) is 4.46. The van der Waals surface area contributed by atoms with Crippen molar-refractivity contribution in [3.63, 3.8) is 0 Å². The highest BCUT2D eigenvalue weighted by Gasteiger charge is 2.50. The third-order valence-corrected chi connectivity index (χ3v) is 5.43. The molecule has 0 spiro atoms. The molecule has 2 aliphatic rings. The summed E-state index contributed by atoms with van der Waals surface area (Å²) >= 11 is 3.41. The van der Waals surface area contributed by atoms with E-state index in [1.807, 2.05) is 24.6 Å². The Labute approximate surface area is 138 Å². The Hall–Kier alpha value is -1.30. The van der Waals surface area contributed by atoms with Crippen LogP contribution in [0, 0.1) is 11.8 Å². The maximum Gasteiger partial charge on any atom is 0.326 e. The van der Waals surface area contributed by atoms with Crippen molar-refractivity contribution in [1.82, 2.24) is 9.47 Å². The number of carbonyl (C=O) groups excluding carboxylic acids is 1. The average Bonchev–Trinajstić information content (AvgIpc) is 3.09. The number of likely N-dealkylation sites (tertiary alicyclic amines) is 1. The summed E-state index contributed by atoms with van der Waals surface area (Å²) in [4.78, 5) is 26.2. The Morgan fingerprint density at radius 1 is 1.36 bits per heavy atom. The Morgan fingerprint density at radius 3 is 2.73 bits per heavy atom. The molecule has 1 saturated heterocycles. The van der Waals surface area contributed by atoms with Crippen LogP contribution < -0.4 is 0 Å². The Bertz CT molecular complexity index is 611. The van der Waals surface area contributed by atoms with Gasteiger partial charge < -0.3 is 14.6 Å². The van der Waals surface area contributed by atoms with Gasteiger partial charge in [-0.3, -0.25) is 4.79 Å². The molecule has 120 valence electrons. The van der Waals surface area contributed by atoms with Crippen LogP contribution in [0.3, 0.4) is 0 Å². The van der Waals surface area contributed by atoms with Gasteiger partial charge >= 0.3 is 5.97 Å². The van der Waals surface area contributed by atoms with Crippen molar-refractivity contribution in [2.45, 2.75) is 45.2 Å². The number of halogens is 1. The lowest BCUT2D eigenvalue weighted by atomic mass is 9.94. The maximum absolute atomic E-state index is 13.0. The van der Waals surface area contributed by atoms with Crippen molar-refractivity contribution in [3.05, 3.63) is 22.4 Å². The van der Waals surface area contributed by atoms with E-state index in [9.17, 15) is 14.7 Å². The fourth-order valence-electron chi connectivity index (χ4n) is 4.02. The number of nitrogens with zero attached hydrogens (tertiary/aromatic N) is 2. The predicted octanol–water partition coefficient (Wildman–Crippen LogP) is 3.16. The lowest BCUT2D eigenvalue weighted by Gasteiger charge is -2.25. The zero-order valence-corrected chi connectivity index (χ0v) is 14.4. The summed E-state index contributed by atoms with van der Waals surface area (Å²) in [7, 11) is 0. The summed E-state index contributed by atoms with van der Waals surface area (Å²) < 4.78 is 2.75. The molecule has 5 nitrogen and oxygen atoms in total. The number of carboxylic acid groups (broad SMARTS) is 1. The van der Waals surface area contributed by atoms with Crippen molar-refractivity contribution < 1.29 is 14.7 Å². The average molecular weight is 369 g/mol. The monoisotopic (exact) mass is 368 g/mol. The van der Waals surface area contributed by atoms with E-state index in [-0.39, 0.29) is 17.9 Å². The van der Waals surface area contributed by atoms with E-state index in [4.69, 9.17) is 0 Å². The highest BCUT2D eigenvalue weighted by molar-refractivity contribution is 9.10. The van der Waals surface area contributed by atoms with Gasteiger partial charge in [0.25, 0.3) is 5.91 Å². The van der Waals surface area contributed by atoms with Gasteiger partial charge in [-0.25, -0.2) is 4.79 Å². The van der Waals surface area contributed by atoms with Gasteiger partial charge in [0.1, 0.15) is 11.7 Å². The number of aliphatic carboxylic acids is 1. The second-order valence-electron chi connectivity index (χ2n) is 6.64. The summed E-state index contributed by atoms with van der Waals surface area (Å²) in [5, 5.41) is 9.60. The van der Waals surface area contributed by atoms with E-state index < -0.39 is 12.0 Å². The van der Waals surface area contributed by atoms with E-state index in [2.05, 4.69) is 15.9 Å². The summed E-state index contributed by atoms with van der Waals surface area (Å²) in [6.07, 6.45) is 4.91. The standard InChI is InChI=1S/C16H21BrN2O3/c1-9(2)18-8-11(17)6-13(18)15(20)19-7-10-4-3-5-12(10)14(19)16(21)22/h6,8-10,12,14H,3-5,7H2,1-2H3,(H,21,22). The minimum atomic E-state index is -0.871. The van der Waals surface area contributed by atoms with Crippen LogP contribution in [-0.2, 0) is 4.79 Å². The molecule has 0 aromatic carbocycles. The largest absolute Gasteiger partial charge is 0.480 e. The zero-order chi connectivity index (χ0) is 16.0. The van der Waals surface area contributed by atoms with E-state index in [1.54, 1.807) is 11.0 Å². The van der Waals surface area contributed by atoms with Crippen LogP contribution in [-0.4, -0.2) is 39.0 Å². The molecule has 22 heavy (non-hydrogen) atoms. The summed E-state index contributed by atoms with van der Waals surface area (Å²) in [5.74, 6) is -0.575. The molecular weight excluding hydrogens is 348 g/mol. The van der Waals surface area contributed by atoms with Gasteiger partial charge in [-0.15, -0.1) is 0 Å². The molecule has 1 aliphatic heterocycles. The first-order chi connectivity index (χ1) is 10.4. The topological polar surface area (TPSA) is 62.5 Å². The number of carboxylic acids is 1. The summed E-state index contributed by atoms with van der Waals surface area (Å²) in [6, 6.07) is 1.26. The lowest BCUT2D eigenvalue weighted by molar-refractivity contribution is -0.142. The lowest BCUT2D eigenvalue weighted by Crippen LogP contribution is -2.44. The number of aromatic nitrogens is 1. The van der Waals surface area contributed by atoms with E-state index in [1.165, 1.54) is 0 Å². The number of fused-ring (bicyclic) bond motifs is 1. The molecule has 3 rings (SSSR count). The normalized spacial score (nSPS) is 27.5. The molecule has 0 bridgehead atoms. The van der Waals surface area contributed by atoms with Gasteiger partial charge in [0.15, 0.2) is 0 Å².